The van der Waals surface area contributed by atoms with Gasteiger partial charge in [-0.1, -0.05) is 18.9 Å². The summed E-state index contributed by atoms with van der Waals surface area (Å²) in [4.78, 5) is 44.7. The second kappa shape index (κ2) is 12.0. The van der Waals surface area contributed by atoms with Crippen LogP contribution < -0.4 is 14.8 Å². The first-order valence-corrected chi connectivity index (χ1v) is 12.1. The van der Waals surface area contributed by atoms with E-state index in [0.29, 0.717) is 26.0 Å². The van der Waals surface area contributed by atoms with E-state index in [1.807, 2.05) is 18.2 Å². The molecule has 1 spiro atoms. The summed E-state index contributed by atoms with van der Waals surface area (Å²) in [6.07, 6.45) is 8.18. The molecule has 3 aliphatic rings. The molecule has 1 saturated carbocycles. The monoisotopic (exact) mass is 490 g/mol. The van der Waals surface area contributed by atoms with Crippen molar-refractivity contribution in [2.24, 2.45) is 5.41 Å². The van der Waals surface area contributed by atoms with Crippen molar-refractivity contribution < 1.29 is 38.9 Å². The Balaban J connectivity index is 0.000000509. The summed E-state index contributed by atoms with van der Waals surface area (Å²) in [6, 6.07) is 6.14. The van der Waals surface area contributed by atoms with E-state index in [2.05, 4.69) is 5.32 Å². The number of aliphatic carboxylic acids is 2. The van der Waals surface area contributed by atoms with Gasteiger partial charge in [0.25, 0.3) is 0 Å². The van der Waals surface area contributed by atoms with E-state index in [0.717, 1.165) is 68.6 Å². The van der Waals surface area contributed by atoms with Gasteiger partial charge in [0.15, 0.2) is 0 Å². The van der Waals surface area contributed by atoms with Crippen molar-refractivity contribution in [3.63, 3.8) is 0 Å². The molecule has 1 aromatic carbocycles. The summed E-state index contributed by atoms with van der Waals surface area (Å²) >= 11 is 0. The fraction of sp³-hybridized carbons (Fsp3) is 0.600. The molecule has 1 atom stereocenters. The number of imide groups is 1. The van der Waals surface area contributed by atoms with Gasteiger partial charge in [0.05, 0.1) is 7.11 Å². The molecule has 192 valence electrons. The Kier molecular flexibility index (Phi) is 9.08. The molecule has 10 heteroatoms. The number of hydrogen-bond donors (Lipinski definition) is 3. The third-order valence-corrected chi connectivity index (χ3v) is 6.94. The summed E-state index contributed by atoms with van der Waals surface area (Å²) in [6.45, 7) is 2.04. The molecule has 1 aromatic rings. The van der Waals surface area contributed by atoms with Crippen molar-refractivity contribution in [2.45, 2.75) is 63.8 Å². The summed E-state index contributed by atoms with van der Waals surface area (Å²) in [5.74, 6) is -1.79. The number of methoxy groups -OCH3 is 1. The van der Waals surface area contributed by atoms with Gasteiger partial charge in [0, 0.05) is 31.0 Å². The molecule has 0 radical (unpaired) electrons. The summed E-state index contributed by atoms with van der Waals surface area (Å²) in [5.41, 5.74) is 1.11. The van der Waals surface area contributed by atoms with E-state index in [4.69, 9.17) is 29.3 Å². The number of fused-ring (bicyclic) bond motifs is 1. The Hall–Kier alpha value is -3.14. The lowest BCUT2D eigenvalue weighted by Gasteiger charge is -2.37. The second-order valence-electron chi connectivity index (χ2n) is 9.42. The minimum absolute atomic E-state index is 0.00937. The highest BCUT2D eigenvalue weighted by atomic mass is 16.5. The number of carboxylic acid groups (broad SMARTS) is 2. The lowest BCUT2D eigenvalue weighted by atomic mass is 9.76. The molecule has 0 aromatic heterocycles. The minimum Gasteiger partial charge on any atom is -0.496 e. The zero-order valence-corrected chi connectivity index (χ0v) is 20.1. The molecule has 10 nitrogen and oxygen atoms in total. The van der Waals surface area contributed by atoms with Crippen LogP contribution in [0.1, 0.15) is 56.9 Å². The lowest BCUT2D eigenvalue weighted by Crippen LogP contribution is -2.47. The Morgan fingerprint density at radius 2 is 1.77 bits per heavy atom. The van der Waals surface area contributed by atoms with Crippen LogP contribution in [0.5, 0.6) is 11.5 Å². The van der Waals surface area contributed by atoms with Gasteiger partial charge in [0.2, 0.25) is 11.8 Å². The number of unbranched alkanes of at least 4 members (excludes halogenated alkanes) is 1. The van der Waals surface area contributed by atoms with Gasteiger partial charge in [-0.3, -0.25) is 14.5 Å². The topological polar surface area (TPSA) is 142 Å². The summed E-state index contributed by atoms with van der Waals surface area (Å²) < 4.78 is 11.3. The molecule has 3 N–H and O–H groups in total. The predicted octanol–water partition coefficient (Wildman–Crippen LogP) is 2.23. The van der Waals surface area contributed by atoms with Gasteiger partial charge < -0.3 is 25.0 Å². The zero-order chi connectivity index (χ0) is 25.4. The van der Waals surface area contributed by atoms with Crippen molar-refractivity contribution >= 4 is 23.8 Å². The number of rotatable bonds is 7. The van der Waals surface area contributed by atoms with E-state index < -0.39 is 11.9 Å². The SMILES string of the molecule is COc1cccc2c1CC(NCCCCN1C(=O)CC3(CCCC3)CC1=O)CO2.O=C(O)C(=O)O. The van der Waals surface area contributed by atoms with E-state index >= 15 is 0 Å². The number of likely N-dealkylation sites (tertiary alicyclic amines) is 1. The molecule has 1 aliphatic carbocycles. The van der Waals surface area contributed by atoms with Crippen LogP contribution in [0.25, 0.3) is 0 Å². The van der Waals surface area contributed by atoms with Crippen LogP contribution in [-0.4, -0.2) is 71.7 Å². The summed E-state index contributed by atoms with van der Waals surface area (Å²) in [7, 11) is 1.68. The Bertz CT molecular complexity index is 895. The van der Waals surface area contributed by atoms with Crippen LogP contribution >= 0.6 is 0 Å². The van der Waals surface area contributed by atoms with Gasteiger partial charge in [-0.2, -0.15) is 0 Å². The number of nitrogens with zero attached hydrogens (tertiary/aromatic N) is 1. The molecule has 1 unspecified atom stereocenters. The van der Waals surface area contributed by atoms with E-state index in [1.165, 1.54) is 4.90 Å². The standard InChI is InChI=1S/C23H32N2O4.C2H2O4/c1-28-19-7-6-8-20-18(19)13-17(16-29-20)24-11-4-5-12-25-21(26)14-23(15-22(25)27)9-2-3-10-23;3-1(4)2(5)6/h6-8,17,24H,2-5,9-16H2,1H3;(H,3,4)(H,5,6). The Morgan fingerprint density at radius 3 is 2.37 bits per heavy atom. The van der Waals surface area contributed by atoms with E-state index in [9.17, 15) is 9.59 Å². The molecule has 35 heavy (non-hydrogen) atoms. The number of hydrogen-bond acceptors (Lipinski definition) is 7. The van der Waals surface area contributed by atoms with Gasteiger partial charge in [0.1, 0.15) is 18.1 Å². The highest BCUT2D eigenvalue weighted by Crippen LogP contribution is 2.46. The first kappa shape index (κ1) is 26.5. The number of carbonyl (C=O) groups excluding carboxylic acids is 2. The lowest BCUT2D eigenvalue weighted by molar-refractivity contribution is -0.159. The largest absolute Gasteiger partial charge is 0.496 e. The molecular weight excluding hydrogens is 456 g/mol. The van der Waals surface area contributed by atoms with Crippen molar-refractivity contribution in [3.8, 4) is 11.5 Å². The number of ether oxygens (including phenoxy) is 2. The maximum absolute atomic E-state index is 12.5. The molecule has 2 aliphatic heterocycles. The number of carboxylic acids is 2. The van der Waals surface area contributed by atoms with Crippen LogP contribution in [-0.2, 0) is 25.6 Å². The van der Waals surface area contributed by atoms with Gasteiger partial charge in [-0.25, -0.2) is 9.59 Å². The third-order valence-electron chi connectivity index (χ3n) is 6.94. The number of amides is 2. The molecular formula is C25H34N2O8. The van der Waals surface area contributed by atoms with Gasteiger partial charge in [-0.15, -0.1) is 0 Å². The van der Waals surface area contributed by atoms with Gasteiger partial charge >= 0.3 is 11.9 Å². The maximum Gasteiger partial charge on any atom is 0.414 e. The Morgan fingerprint density at radius 1 is 1.11 bits per heavy atom. The highest BCUT2D eigenvalue weighted by molar-refractivity contribution is 6.27. The van der Waals surface area contributed by atoms with Gasteiger partial charge in [-0.05, 0) is 56.2 Å². The summed E-state index contributed by atoms with van der Waals surface area (Å²) in [5, 5.41) is 18.3. The van der Waals surface area contributed by atoms with E-state index in [-0.39, 0.29) is 23.3 Å². The predicted molar refractivity (Wildman–Crippen MR) is 125 cm³/mol. The molecule has 2 amide bonds. The molecule has 4 rings (SSSR count). The average Bonchev–Trinajstić information content (AvgIpc) is 3.27. The first-order chi connectivity index (χ1) is 16.7. The number of piperidine rings is 1. The first-order valence-electron chi connectivity index (χ1n) is 12.1. The van der Waals surface area contributed by atoms with E-state index in [1.54, 1.807) is 7.11 Å². The third kappa shape index (κ3) is 6.94. The van der Waals surface area contributed by atoms with Crippen LogP contribution in [0.15, 0.2) is 18.2 Å². The molecule has 1 saturated heterocycles. The highest BCUT2D eigenvalue weighted by Gasteiger charge is 2.44. The van der Waals surface area contributed by atoms with Crippen LogP contribution in [0.3, 0.4) is 0 Å². The second-order valence-corrected chi connectivity index (χ2v) is 9.42. The van der Waals surface area contributed by atoms with Crippen molar-refractivity contribution in [1.29, 1.82) is 0 Å². The van der Waals surface area contributed by atoms with Crippen LogP contribution in [0.4, 0.5) is 0 Å². The quantitative estimate of drug-likeness (QED) is 0.298. The van der Waals surface area contributed by atoms with Crippen molar-refractivity contribution in [1.82, 2.24) is 10.2 Å². The van der Waals surface area contributed by atoms with Crippen molar-refractivity contribution in [3.05, 3.63) is 23.8 Å². The molecule has 2 fully saturated rings. The van der Waals surface area contributed by atoms with Crippen LogP contribution in [0, 0.1) is 5.41 Å². The zero-order valence-electron chi connectivity index (χ0n) is 20.1. The maximum atomic E-state index is 12.5. The minimum atomic E-state index is -1.82. The number of nitrogens with one attached hydrogen (secondary N) is 1. The molecule has 2 heterocycles. The number of carbonyl (C=O) groups is 4. The Labute approximate surface area is 204 Å². The van der Waals surface area contributed by atoms with Crippen molar-refractivity contribution in [2.75, 3.05) is 26.8 Å². The fourth-order valence-electron chi connectivity index (χ4n) is 5.16. The average molecular weight is 491 g/mol. The normalized spacial score (nSPS) is 20.5. The molecule has 0 bridgehead atoms. The number of benzene rings is 1. The smallest absolute Gasteiger partial charge is 0.414 e. The van der Waals surface area contributed by atoms with Crippen LogP contribution in [0.2, 0.25) is 0 Å². The fourth-order valence-corrected chi connectivity index (χ4v) is 5.16.